The average Bonchev–Trinajstić information content (AvgIpc) is 2.81. The summed E-state index contributed by atoms with van der Waals surface area (Å²) in [6, 6.07) is 12.9. The summed E-state index contributed by atoms with van der Waals surface area (Å²) in [6.07, 6.45) is 0. The van der Waals surface area contributed by atoms with Gasteiger partial charge in [0.2, 0.25) is 5.88 Å². The summed E-state index contributed by atoms with van der Waals surface area (Å²) >= 11 is 12.2. The molecule has 0 bridgehead atoms. The predicted octanol–water partition coefficient (Wildman–Crippen LogP) is 1.40. The molecule has 0 fully saturated rings. The third-order valence-electron chi connectivity index (χ3n) is 4.94. The zero-order valence-electron chi connectivity index (χ0n) is 18.9. The second-order valence-corrected chi connectivity index (χ2v) is 8.05. The molecule has 190 valence electrons. The Labute approximate surface area is 214 Å². The number of hydrogen-bond donors (Lipinski definition) is 5. The fraction of sp³-hybridized carbons (Fsp3) is 0.130. The summed E-state index contributed by atoms with van der Waals surface area (Å²) in [5.41, 5.74) is -2.02. The number of nitrogens with one attached hydrogen (secondary N) is 2. The standard InChI is InChI=1S/C23H19Cl2N3O7.H3N/c24-14-7-3-1-5-12(14)9-26-20(32)17-19(31)18(21(33)27-10-16(29)30)23(35)28(22(17)34)11-13-6-2-4-8-15(13)25;/h1-8,31,34H,9-11H2,(H,26,32)(H,27,33)(H,29,30);1H3. The number of amides is 2. The summed E-state index contributed by atoms with van der Waals surface area (Å²) < 4.78 is 0.666. The lowest BCUT2D eigenvalue weighted by Gasteiger charge is -2.17. The number of rotatable bonds is 8. The van der Waals surface area contributed by atoms with Crippen molar-refractivity contribution in [2.45, 2.75) is 13.1 Å². The quantitative estimate of drug-likeness (QED) is 0.286. The number of pyridine rings is 1. The number of carbonyl (C=O) groups excluding carboxylic acids is 3. The molecule has 0 aliphatic rings. The van der Waals surface area contributed by atoms with Gasteiger partial charge < -0.3 is 36.9 Å². The van der Waals surface area contributed by atoms with Crippen molar-refractivity contribution in [3.8, 4) is 11.6 Å². The van der Waals surface area contributed by atoms with Gasteiger partial charge in [-0.05, 0) is 23.3 Å². The smallest absolute Gasteiger partial charge is 0.270 e. The lowest BCUT2D eigenvalue weighted by Crippen LogP contribution is -2.41. The highest BCUT2D eigenvalue weighted by Crippen LogP contribution is 2.30. The monoisotopic (exact) mass is 536 g/mol. The van der Waals surface area contributed by atoms with Gasteiger partial charge in [0.15, 0.2) is 5.75 Å². The molecule has 13 heteroatoms. The van der Waals surface area contributed by atoms with Crippen molar-refractivity contribution < 1.29 is 29.7 Å². The third-order valence-corrected chi connectivity index (χ3v) is 5.68. The SMILES string of the molecule is O=C([O-])CNC(=O)c1c(O)c(C(=O)NCc2ccccc2Cl)c(O)n(Cc2ccccc2Cl)c1=O.[NH4+]. The van der Waals surface area contributed by atoms with Gasteiger partial charge in [0.25, 0.3) is 17.4 Å². The maximum Gasteiger partial charge on any atom is 0.270 e. The van der Waals surface area contributed by atoms with Gasteiger partial charge in [-0.25, -0.2) is 0 Å². The molecule has 0 aliphatic heterocycles. The zero-order valence-corrected chi connectivity index (χ0v) is 20.4. The Morgan fingerprint density at radius 3 is 1.94 bits per heavy atom. The lowest BCUT2D eigenvalue weighted by atomic mass is 10.1. The number of aliphatic carboxylic acids is 1. The van der Waals surface area contributed by atoms with E-state index < -0.39 is 52.6 Å². The number of carboxylic acid groups (broad SMARTS) is 1. The van der Waals surface area contributed by atoms with Crippen LogP contribution >= 0.6 is 23.2 Å². The minimum atomic E-state index is -1.65. The number of benzene rings is 2. The number of quaternary nitrogens is 1. The first-order valence-corrected chi connectivity index (χ1v) is 10.8. The Kier molecular flexibility index (Phi) is 9.45. The molecule has 0 saturated heterocycles. The topological polar surface area (TPSA) is 197 Å². The van der Waals surface area contributed by atoms with Gasteiger partial charge in [0.1, 0.15) is 11.1 Å². The van der Waals surface area contributed by atoms with Crippen LogP contribution in [0.2, 0.25) is 10.0 Å². The van der Waals surface area contributed by atoms with E-state index in [0.29, 0.717) is 20.7 Å². The second kappa shape index (κ2) is 12.1. The first-order chi connectivity index (χ1) is 16.6. The molecule has 0 aliphatic carbocycles. The minimum absolute atomic E-state index is 0. The van der Waals surface area contributed by atoms with Crippen molar-refractivity contribution >= 4 is 41.0 Å². The molecule has 3 rings (SSSR count). The van der Waals surface area contributed by atoms with E-state index in [1.165, 1.54) is 6.07 Å². The molecule has 3 aromatic rings. The van der Waals surface area contributed by atoms with Crippen LogP contribution in [-0.4, -0.2) is 39.1 Å². The van der Waals surface area contributed by atoms with Crippen LogP contribution in [0.15, 0.2) is 53.3 Å². The third kappa shape index (κ3) is 6.13. The van der Waals surface area contributed by atoms with E-state index in [-0.39, 0.29) is 24.3 Å². The number of carbonyl (C=O) groups is 3. The van der Waals surface area contributed by atoms with Crippen LogP contribution in [-0.2, 0) is 17.9 Å². The van der Waals surface area contributed by atoms with Crippen molar-refractivity contribution in [2.75, 3.05) is 6.54 Å². The molecule has 0 unspecified atom stereocenters. The van der Waals surface area contributed by atoms with E-state index >= 15 is 0 Å². The summed E-state index contributed by atoms with van der Waals surface area (Å²) in [5, 5.41) is 37.1. The highest BCUT2D eigenvalue weighted by Gasteiger charge is 2.30. The van der Waals surface area contributed by atoms with Gasteiger partial charge in [-0.1, -0.05) is 59.6 Å². The Hall–Kier alpha value is -4.06. The van der Waals surface area contributed by atoms with Gasteiger partial charge in [0, 0.05) is 16.6 Å². The molecule has 1 aromatic heterocycles. The van der Waals surface area contributed by atoms with Gasteiger partial charge in [0.05, 0.1) is 19.1 Å². The Morgan fingerprint density at radius 1 is 0.861 bits per heavy atom. The van der Waals surface area contributed by atoms with Crippen molar-refractivity contribution in [2.24, 2.45) is 0 Å². The maximum atomic E-state index is 13.0. The fourth-order valence-electron chi connectivity index (χ4n) is 3.20. The Bertz CT molecular complexity index is 1380. The molecular weight excluding hydrogens is 515 g/mol. The van der Waals surface area contributed by atoms with Crippen LogP contribution in [0.4, 0.5) is 0 Å². The number of halogens is 2. The first-order valence-electron chi connectivity index (χ1n) is 10.0. The fourth-order valence-corrected chi connectivity index (χ4v) is 3.60. The largest absolute Gasteiger partial charge is 0.548 e. The lowest BCUT2D eigenvalue weighted by molar-refractivity contribution is -0.303. The van der Waals surface area contributed by atoms with E-state index in [1.807, 2.05) is 5.32 Å². The van der Waals surface area contributed by atoms with Crippen molar-refractivity contribution in [1.29, 1.82) is 0 Å². The number of aromatic nitrogens is 1. The molecule has 2 amide bonds. The summed E-state index contributed by atoms with van der Waals surface area (Å²) in [4.78, 5) is 49.2. The Morgan fingerprint density at radius 2 is 1.39 bits per heavy atom. The molecule has 0 spiro atoms. The van der Waals surface area contributed by atoms with E-state index in [0.717, 1.165) is 0 Å². The average molecular weight is 537 g/mol. The predicted molar refractivity (Wildman–Crippen MR) is 131 cm³/mol. The molecule has 1 heterocycles. The number of hydrogen-bond acceptors (Lipinski definition) is 7. The van der Waals surface area contributed by atoms with Crippen LogP contribution in [0, 0.1) is 0 Å². The summed E-state index contributed by atoms with van der Waals surface area (Å²) in [5.74, 6) is -6.02. The molecule has 0 saturated carbocycles. The highest BCUT2D eigenvalue weighted by molar-refractivity contribution is 6.31. The number of aromatic hydroxyl groups is 2. The minimum Gasteiger partial charge on any atom is -0.548 e. The molecule has 0 atom stereocenters. The molecular formula is C23H22Cl2N4O7. The van der Waals surface area contributed by atoms with Gasteiger partial charge in [-0.15, -0.1) is 0 Å². The zero-order chi connectivity index (χ0) is 25.7. The van der Waals surface area contributed by atoms with Crippen LogP contribution in [0.5, 0.6) is 11.6 Å². The molecule has 2 aromatic carbocycles. The molecule has 8 N–H and O–H groups in total. The van der Waals surface area contributed by atoms with E-state index in [2.05, 4.69) is 5.32 Å². The van der Waals surface area contributed by atoms with E-state index in [4.69, 9.17) is 23.2 Å². The number of nitrogens with zero attached hydrogens (tertiary/aromatic N) is 1. The van der Waals surface area contributed by atoms with Crippen LogP contribution in [0.3, 0.4) is 0 Å². The van der Waals surface area contributed by atoms with Gasteiger partial charge in [-0.3, -0.25) is 19.0 Å². The van der Waals surface area contributed by atoms with Gasteiger partial charge >= 0.3 is 0 Å². The maximum absolute atomic E-state index is 13.0. The molecule has 36 heavy (non-hydrogen) atoms. The van der Waals surface area contributed by atoms with Crippen molar-refractivity contribution in [1.82, 2.24) is 21.4 Å². The first kappa shape index (κ1) is 28.2. The summed E-state index contributed by atoms with van der Waals surface area (Å²) in [6.45, 7) is -1.43. The second-order valence-electron chi connectivity index (χ2n) is 7.23. The number of carboxylic acids is 1. The Balaban J connectivity index is 0.00000456. The van der Waals surface area contributed by atoms with Crippen LogP contribution in [0.1, 0.15) is 31.8 Å². The van der Waals surface area contributed by atoms with Crippen LogP contribution in [0.25, 0.3) is 0 Å². The molecule has 11 nitrogen and oxygen atoms in total. The van der Waals surface area contributed by atoms with Crippen molar-refractivity contribution in [3.63, 3.8) is 0 Å². The van der Waals surface area contributed by atoms with E-state index in [9.17, 15) is 34.5 Å². The van der Waals surface area contributed by atoms with Crippen LogP contribution < -0.4 is 27.4 Å². The van der Waals surface area contributed by atoms with Crippen molar-refractivity contribution in [3.05, 3.63) is 91.2 Å². The summed E-state index contributed by atoms with van der Waals surface area (Å²) in [7, 11) is 0. The van der Waals surface area contributed by atoms with Gasteiger partial charge in [-0.2, -0.15) is 0 Å². The molecule has 0 radical (unpaired) electrons. The van der Waals surface area contributed by atoms with E-state index in [1.54, 1.807) is 42.5 Å². The highest BCUT2D eigenvalue weighted by atomic mass is 35.5. The normalized spacial score (nSPS) is 10.3.